The largest absolute Gasteiger partial charge is 0.184 e. The molecule has 0 aliphatic heterocycles. The predicted octanol–water partition coefficient (Wildman–Crippen LogP) is 2.79. The molecule has 0 radical (unpaired) electrons. The minimum Gasteiger partial charge on any atom is -0.184 e. The van der Waals surface area contributed by atoms with Gasteiger partial charge in [0.2, 0.25) is 0 Å². The molecule has 0 aliphatic rings. The maximum atomic E-state index is 4.43. The highest BCUT2D eigenvalue weighted by atomic mass is 32.1. The van der Waals surface area contributed by atoms with Gasteiger partial charge in [-0.1, -0.05) is 0 Å². The van der Waals surface area contributed by atoms with Crippen molar-refractivity contribution in [1.82, 2.24) is 0 Å². The van der Waals surface area contributed by atoms with Crippen LogP contribution in [0.4, 0.5) is 5.00 Å². The number of thiocarbonyl (C=S) groups is 1. The first-order valence-corrected chi connectivity index (χ1v) is 3.70. The third-order valence-electron chi connectivity index (χ3n) is 0.882. The van der Waals surface area contributed by atoms with E-state index in [9.17, 15) is 0 Å². The molecule has 9 heavy (non-hydrogen) atoms. The van der Waals surface area contributed by atoms with E-state index in [0.717, 1.165) is 5.00 Å². The molecule has 1 aromatic heterocycles. The zero-order valence-electron chi connectivity index (χ0n) is 4.92. The van der Waals surface area contributed by atoms with Crippen molar-refractivity contribution in [3.63, 3.8) is 0 Å². The zero-order valence-corrected chi connectivity index (χ0v) is 6.55. The number of hydrogen-bond acceptors (Lipinski definition) is 3. The lowest BCUT2D eigenvalue weighted by Crippen LogP contribution is -1.43. The summed E-state index contributed by atoms with van der Waals surface area (Å²) in [4.78, 5) is 5.06. The van der Waals surface area contributed by atoms with E-state index in [1.54, 1.807) is 11.3 Å². The van der Waals surface area contributed by atoms with E-state index >= 15 is 0 Å². The minimum absolute atomic E-state index is 0.933. The average molecular weight is 155 g/mol. The highest BCUT2D eigenvalue weighted by molar-refractivity contribution is 7.78. The molecule has 0 aromatic carbocycles. The van der Waals surface area contributed by atoms with Crippen LogP contribution in [0.1, 0.15) is 4.88 Å². The molecule has 1 nitrogen and oxygen atoms in total. The van der Waals surface area contributed by atoms with Crippen LogP contribution in [0.2, 0.25) is 0 Å². The molecule has 46 valence electrons. The van der Waals surface area contributed by atoms with Gasteiger partial charge in [-0.05, 0) is 31.3 Å². The zero-order chi connectivity index (χ0) is 6.69. The fourth-order valence-electron chi connectivity index (χ4n) is 0.527. The summed E-state index contributed by atoms with van der Waals surface area (Å²) in [6.07, 6.45) is 0. The van der Waals surface area contributed by atoms with Crippen molar-refractivity contribution in [2.45, 2.75) is 6.92 Å². The van der Waals surface area contributed by atoms with Crippen molar-refractivity contribution in [2.75, 3.05) is 0 Å². The summed E-state index contributed by atoms with van der Waals surface area (Å²) in [7, 11) is 0. The van der Waals surface area contributed by atoms with Crippen LogP contribution in [0.3, 0.4) is 0 Å². The highest BCUT2D eigenvalue weighted by Crippen LogP contribution is 2.22. The molecular weight excluding hydrogens is 150 g/mol. The summed E-state index contributed by atoms with van der Waals surface area (Å²) in [5.74, 6) is 0. The van der Waals surface area contributed by atoms with Crippen LogP contribution in [0, 0.1) is 6.92 Å². The van der Waals surface area contributed by atoms with Gasteiger partial charge in [0.25, 0.3) is 0 Å². The number of thiophene rings is 1. The quantitative estimate of drug-likeness (QED) is 0.448. The molecule has 0 aliphatic carbocycles. The van der Waals surface area contributed by atoms with Crippen molar-refractivity contribution >= 4 is 33.7 Å². The van der Waals surface area contributed by atoms with Crippen LogP contribution in [0.5, 0.6) is 0 Å². The van der Waals surface area contributed by atoms with Crippen LogP contribution in [-0.2, 0) is 0 Å². The van der Waals surface area contributed by atoms with Crippen LogP contribution in [0.25, 0.3) is 0 Å². The first-order chi connectivity index (χ1) is 4.33. The monoisotopic (exact) mass is 155 g/mol. The molecule has 0 bridgehead atoms. The third kappa shape index (κ3) is 1.72. The predicted molar refractivity (Wildman–Crippen MR) is 43.7 cm³/mol. The van der Waals surface area contributed by atoms with Crippen molar-refractivity contribution in [3.8, 4) is 0 Å². The van der Waals surface area contributed by atoms with Crippen LogP contribution >= 0.6 is 23.6 Å². The molecule has 0 amide bonds. The molecule has 1 aromatic rings. The minimum atomic E-state index is 0.933. The highest BCUT2D eigenvalue weighted by Gasteiger charge is 1.89. The fourth-order valence-corrected chi connectivity index (χ4v) is 1.38. The van der Waals surface area contributed by atoms with Gasteiger partial charge in [-0.2, -0.15) is 4.99 Å². The van der Waals surface area contributed by atoms with E-state index in [1.165, 1.54) is 4.88 Å². The van der Waals surface area contributed by atoms with Gasteiger partial charge in [-0.25, -0.2) is 0 Å². The van der Waals surface area contributed by atoms with Gasteiger partial charge >= 0.3 is 0 Å². The number of isothiocyanates is 1. The first kappa shape index (κ1) is 6.62. The Morgan fingerprint density at radius 3 is 2.89 bits per heavy atom. The van der Waals surface area contributed by atoms with Crippen molar-refractivity contribution in [1.29, 1.82) is 0 Å². The van der Waals surface area contributed by atoms with Crippen LogP contribution in [-0.4, -0.2) is 5.16 Å². The lowest BCUT2D eigenvalue weighted by Gasteiger charge is -1.73. The standard InChI is InChI=1S/C6H5NS2/c1-5-2-3-6(9-5)7-4-8/h2-3H,1H3. The summed E-state index contributed by atoms with van der Waals surface area (Å²) in [6.45, 7) is 2.03. The van der Waals surface area contributed by atoms with E-state index in [0.29, 0.717) is 0 Å². The molecule has 0 unspecified atom stereocenters. The summed E-state index contributed by atoms with van der Waals surface area (Å²) >= 11 is 6.05. The van der Waals surface area contributed by atoms with Gasteiger partial charge < -0.3 is 0 Å². The van der Waals surface area contributed by atoms with E-state index in [1.807, 2.05) is 19.1 Å². The molecule has 0 saturated carbocycles. The van der Waals surface area contributed by atoms with E-state index in [4.69, 9.17) is 0 Å². The lowest BCUT2D eigenvalue weighted by molar-refractivity contribution is 1.63. The molecule has 0 N–H and O–H groups in total. The molecule has 1 rings (SSSR count). The topological polar surface area (TPSA) is 12.4 Å². The maximum absolute atomic E-state index is 4.43. The molecule has 0 atom stereocenters. The van der Waals surface area contributed by atoms with E-state index in [2.05, 4.69) is 22.4 Å². The van der Waals surface area contributed by atoms with Gasteiger partial charge in [0.1, 0.15) is 5.00 Å². The van der Waals surface area contributed by atoms with Gasteiger partial charge in [0.05, 0.1) is 5.16 Å². The Morgan fingerprint density at radius 1 is 1.67 bits per heavy atom. The SMILES string of the molecule is Cc1ccc(N=C=S)s1. The number of rotatable bonds is 1. The second kappa shape index (κ2) is 2.87. The summed E-state index contributed by atoms with van der Waals surface area (Å²) < 4.78 is 0. The van der Waals surface area contributed by atoms with Crippen molar-refractivity contribution < 1.29 is 0 Å². The lowest BCUT2D eigenvalue weighted by atomic mass is 10.5. The molecule has 0 spiro atoms. The van der Waals surface area contributed by atoms with Crippen LogP contribution < -0.4 is 0 Å². The summed E-state index contributed by atoms with van der Waals surface area (Å²) in [5, 5.41) is 3.25. The Morgan fingerprint density at radius 2 is 2.44 bits per heavy atom. The Kier molecular flexibility index (Phi) is 2.11. The molecule has 1 heterocycles. The van der Waals surface area contributed by atoms with Gasteiger partial charge in [-0.3, -0.25) is 0 Å². The number of aryl methyl sites for hydroxylation is 1. The molecule has 0 fully saturated rings. The molecule has 3 heteroatoms. The Hall–Kier alpha value is -0.500. The van der Waals surface area contributed by atoms with E-state index in [-0.39, 0.29) is 0 Å². The Balaban J connectivity index is 2.97. The van der Waals surface area contributed by atoms with Gasteiger partial charge in [-0.15, -0.1) is 11.3 Å². The normalized spacial score (nSPS) is 8.56. The average Bonchev–Trinajstić information content (AvgIpc) is 2.17. The number of aliphatic imine (C=N–C) groups is 1. The summed E-state index contributed by atoms with van der Waals surface area (Å²) in [6, 6.07) is 3.94. The fraction of sp³-hybridized carbons (Fsp3) is 0.167. The van der Waals surface area contributed by atoms with Gasteiger partial charge in [0, 0.05) is 4.88 Å². The van der Waals surface area contributed by atoms with E-state index < -0.39 is 0 Å². The second-order valence-corrected chi connectivity index (χ2v) is 3.04. The molecular formula is C6H5NS2. The summed E-state index contributed by atoms with van der Waals surface area (Å²) in [5.41, 5.74) is 0. The van der Waals surface area contributed by atoms with Crippen molar-refractivity contribution in [3.05, 3.63) is 17.0 Å². The Labute approximate surface area is 63.1 Å². The maximum Gasteiger partial charge on any atom is 0.127 e. The second-order valence-electron chi connectivity index (χ2n) is 1.59. The van der Waals surface area contributed by atoms with Crippen LogP contribution in [0.15, 0.2) is 17.1 Å². The molecule has 0 saturated heterocycles. The first-order valence-electron chi connectivity index (χ1n) is 2.47. The number of nitrogens with zero attached hydrogens (tertiary/aromatic N) is 1. The Bertz CT molecular complexity index is 245. The number of hydrogen-bond donors (Lipinski definition) is 0. The smallest absolute Gasteiger partial charge is 0.127 e. The van der Waals surface area contributed by atoms with Gasteiger partial charge in [0.15, 0.2) is 0 Å². The third-order valence-corrected chi connectivity index (χ3v) is 1.87. The van der Waals surface area contributed by atoms with Crippen molar-refractivity contribution in [2.24, 2.45) is 4.99 Å².